The second-order valence-electron chi connectivity index (χ2n) is 9.34. The van der Waals surface area contributed by atoms with Gasteiger partial charge in [-0.25, -0.2) is 0 Å². The molecular formula is C25H34BN3O3S. The Labute approximate surface area is 202 Å². The average molecular weight is 467 g/mol. The maximum absolute atomic E-state index is 13.1. The van der Waals surface area contributed by atoms with Crippen LogP contribution in [0.25, 0.3) is 10.9 Å². The Morgan fingerprint density at radius 2 is 1.97 bits per heavy atom. The fraction of sp³-hybridized carbons (Fsp3) is 0.560. The van der Waals surface area contributed by atoms with Crippen molar-refractivity contribution in [2.24, 2.45) is 17.8 Å². The number of benzene rings is 1. The summed E-state index contributed by atoms with van der Waals surface area (Å²) in [5, 5.41) is 17.4. The van der Waals surface area contributed by atoms with E-state index in [0.29, 0.717) is 36.3 Å². The molecule has 2 radical (unpaired) electrons. The molecule has 6 nitrogen and oxygen atoms in total. The quantitative estimate of drug-likeness (QED) is 0.364. The van der Waals surface area contributed by atoms with E-state index >= 15 is 0 Å². The van der Waals surface area contributed by atoms with Gasteiger partial charge in [-0.05, 0) is 55.6 Å². The largest absolute Gasteiger partial charge is 0.391 e. The molecule has 1 heterocycles. The number of thioether (sulfide) groups is 1. The third kappa shape index (κ3) is 6.96. The first-order chi connectivity index (χ1) is 15.8. The summed E-state index contributed by atoms with van der Waals surface area (Å²) < 4.78 is 0. The van der Waals surface area contributed by atoms with Crippen molar-refractivity contribution >= 4 is 42.2 Å². The molecule has 3 N–H and O–H groups in total. The van der Waals surface area contributed by atoms with Gasteiger partial charge in [0.1, 0.15) is 6.04 Å². The van der Waals surface area contributed by atoms with Crippen LogP contribution in [0.15, 0.2) is 41.4 Å². The molecule has 0 spiro atoms. The first-order valence-corrected chi connectivity index (χ1v) is 12.8. The first kappa shape index (κ1) is 25.6. The van der Waals surface area contributed by atoms with Gasteiger partial charge in [-0.1, -0.05) is 39.0 Å². The topological polar surface area (TPSA) is 91.3 Å². The van der Waals surface area contributed by atoms with Crippen LogP contribution in [0.1, 0.15) is 46.5 Å². The summed E-state index contributed by atoms with van der Waals surface area (Å²) in [7, 11) is 5.35. The number of nitrogens with zero attached hydrogens (tertiary/aromatic N) is 1. The van der Waals surface area contributed by atoms with Crippen molar-refractivity contribution < 1.29 is 14.7 Å². The van der Waals surface area contributed by atoms with Crippen molar-refractivity contribution in [1.82, 2.24) is 15.6 Å². The zero-order chi connectivity index (χ0) is 24.0. The molecule has 33 heavy (non-hydrogen) atoms. The van der Waals surface area contributed by atoms with Crippen molar-refractivity contribution in [2.75, 3.05) is 5.75 Å². The molecule has 3 rings (SSSR count). The van der Waals surface area contributed by atoms with Crippen LogP contribution in [0.4, 0.5) is 4.79 Å². The van der Waals surface area contributed by atoms with Crippen LogP contribution in [-0.2, 0) is 4.79 Å². The number of hydrogen-bond donors (Lipinski definition) is 3. The number of pyridine rings is 1. The lowest BCUT2D eigenvalue weighted by Crippen LogP contribution is -2.53. The maximum Gasteiger partial charge on any atom is 0.243 e. The van der Waals surface area contributed by atoms with Gasteiger partial charge in [0, 0.05) is 22.2 Å². The number of hydrogen-bond acceptors (Lipinski definition) is 5. The molecule has 1 aliphatic rings. The van der Waals surface area contributed by atoms with E-state index in [1.807, 2.05) is 37.3 Å². The number of aliphatic hydroxyl groups is 1. The predicted molar refractivity (Wildman–Crippen MR) is 134 cm³/mol. The van der Waals surface area contributed by atoms with Gasteiger partial charge in [0.25, 0.3) is 0 Å². The van der Waals surface area contributed by atoms with Crippen molar-refractivity contribution in [3.05, 3.63) is 36.5 Å². The monoisotopic (exact) mass is 467 g/mol. The minimum Gasteiger partial charge on any atom is -0.391 e. The molecule has 6 unspecified atom stereocenters. The van der Waals surface area contributed by atoms with Crippen molar-refractivity contribution in [3.8, 4) is 0 Å². The second-order valence-corrected chi connectivity index (χ2v) is 10.4. The normalized spacial score (nSPS) is 23.1. The van der Waals surface area contributed by atoms with E-state index < -0.39 is 18.0 Å². The van der Waals surface area contributed by atoms with Gasteiger partial charge < -0.3 is 15.7 Å². The molecule has 1 saturated carbocycles. The van der Waals surface area contributed by atoms with Gasteiger partial charge in [0.15, 0.2) is 5.81 Å². The number of amides is 2. The van der Waals surface area contributed by atoms with Crippen LogP contribution in [0.5, 0.6) is 0 Å². The molecular weight excluding hydrogens is 433 g/mol. The molecule has 0 bridgehead atoms. The number of fused-ring (bicyclic) bond motifs is 1. The number of aliphatic hydroxyl groups excluding tert-OH is 1. The minimum atomic E-state index is -0.821. The zero-order valence-corrected chi connectivity index (χ0v) is 20.5. The summed E-state index contributed by atoms with van der Waals surface area (Å²) in [6.07, 6.45) is 4.69. The first-order valence-electron chi connectivity index (χ1n) is 11.8. The Kier molecular flexibility index (Phi) is 9.21. The van der Waals surface area contributed by atoms with Crippen LogP contribution in [0.3, 0.4) is 0 Å². The van der Waals surface area contributed by atoms with E-state index in [9.17, 15) is 14.7 Å². The molecule has 1 fully saturated rings. The summed E-state index contributed by atoms with van der Waals surface area (Å²) in [4.78, 5) is 30.0. The zero-order valence-electron chi connectivity index (χ0n) is 19.7. The van der Waals surface area contributed by atoms with Crippen LogP contribution in [0.2, 0.25) is 0 Å². The highest BCUT2D eigenvalue weighted by molar-refractivity contribution is 7.99. The van der Waals surface area contributed by atoms with E-state index in [-0.39, 0.29) is 11.9 Å². The molecule has 0 aliphatic heterocycles. The third-order valence-corrected chi connectivity index (χ3v) is 7.83. The lowest BCUT2D eigenvalue weighted by molar-refractivity contribution is -0.124. The highest BCUT2D eigenvalue weighted by Gasteiger charge is 2.33. The van der Waals surface area contributed by atoms with Gasteiger partial charge in [-0.2, -0.15) is 0 Å². The molecule has 8 heteroatoms. The fourth-order valence-corrected chi connectivity index (χ4v) is 6.01. The molecule has 6 atom stereocenters. The van der Waals surface area contributed by atoms with E-state index in [1.165, 1.54) is 18.2 Å². The number of carbonyl (C=O) groups is 2. The van der Waals surface area contributed by atoms with Crippen molar-refractivity contribution in [1.29, 1.82) is 0 Å². The number of carbonyl (C=O) groups excluding carboxylic acids is 2. The van der Waals surface area contributed by atoms with Crippen LogP contribution in [-0.4, -0.2) is 53.6 Å². The molecule has 1 aliphatic carbocycles. The Morgan fingerprint density at radius 1 is 1.21 bits per heavy atom. The van der Waals surface area contributed by atoms with Crippen molar-refractivity contribution in [3.63, 3.8) is 0 Å². The molecule has 1 aromatic heterocycles. The molecule has 2 aromatic rings. The molecule has 0 saturated heterocycles. The smallest absolute Gasteiger partial charge is 0.243 e. The number of aromatic nitrogens is 1. The van der Waals surface area contributed by atoms with Crippen LogP contribution in [0, 0.1) is 17.8 Å². The summed E-state index contributed by atoms with van der Waals surface area (Å²) in [6.45, 7) is 6.44. The fourth-order valence-electron chi connectivity index (χ4n) is 4.95. The maximum atomic E-state index is 13.1. The lowest BCUT2D eigenvalue weighted by atomic mass is 9.89. The second kappa shape index (κ2) is 11.9. The van der Waals surface area contributed by atoms with E-state index in [2.05, 4.69) is 29.5 Å². The number of rotatable bonds is 10. The Balaban J connectivity index is 1.64. The van der Waals surface area contributed by atoms with Crippen molar-refractivity contribution in [2.45, 2.75) is 69.5 Å². The SMILES string of the molecule is [B]C(=O)NC(CSc1cccc2cccnc12)C(=O)NC(CC)C(O)CC1CC(C)CC1C. The predicted octanol–water partition coefficient (Wildman–Crippen LogP) is 3.90. The van der Waals surface area contributed by atoms with Gasteiger partial charge in [0.2, 0.25) is 13.8 Å². The molecule has 2 amide bonds. The van der Waals surface area contributed by atoms with E-state index in [0.717, 1.165) is 22.2 Å². The molecule has 176 valence electrons. The number of para-hydroxylation sites is 1. The Morgan fingerprint density at radius 3 is 2.64 bits per heavy atom. The van der Waals surface area contributed by atoms with Gasteiger partial charge >= 0.3 is 0 Å². The van der Waals surface area contributed by atoms with Gasteiger partial charge in [-0.15, -0.1) is 11.8 Å². The van der Waals surface area contributed by atoms with Crippen LogP contribution < -0.4 is 10.6 Å². The van der Waals surface area contributed by atoms with E-state index in [1.54, 1.807) is 6.20 Å². The lowest BCUT2D eigenvalue weighted by Gasteiger charge is -2.28. The summed E-state index contributed by atoms with van der Waals surface area (Å²) in [5.74, 6) is 0.931. The molecule has 1 aromatic carbocycles. The summed E-state index contributed by atoms with van der Waals surface area (Å²) in [5.41, 5.74) is 0.852. The average Bonchev–Trinajstić information content (AvgIpc) is 3.10. The van der Waals surface area contributed by atoms with Crippen LogP contribution >= 0.6 is 11.8 Å². The van der Waals surface area contributed by atoms with E-state index in [4.69, 9.17) is 7.85 Å². The summed E-state index contributed by atoms with van der Waals surface area (Å²) >= 11 is 1.44. The summed E-state index contributed by atoms with van der Waals surface area (Å²) in [6, 6.07) is 8.54. The number of nitrogens with one attached hydrogen (secondary N) is 2. The minimum absolute atomic E-state index is 0.300. The standard InChI is InChI=1S/C25H34BN3O3S/c1-4-19(21(30)13-18-12-15(2)11-16(18)3)28-24(31)20(29-25(26)32)14-33-22-9-5-7-17-8-6-10-27-23(17)22/h5-10,15-16,18-21,30H,4,11-14H2,1-3H3,(H,28,31)(H,29,32). The Hall–Kier alpha value is -2.06. The highest BCUT2D eigenvalue weighted by atomic mass is 32.2. The Bertz CT molecular complexity index is 954. The van der Waals surface area contributed by atoms with Gasteiger partial charge in [0.05, 0.1) is 17.7 Å². The third-order valence-electron chi connectivity index (χ3n) is 6.69. The highest BCUT2D eigenvalue weighted by Crippen LogP contribution is 2.38. The van der Waals surface area contributed by atoms with Gasteiger partial charge in [-0.3, -0.25) is 14.6 Å².